The van der Waals surface area contributed by atoms with E-state index in [2.05, 4.69) is 24.8 Å². The summed E-state index contributed by atoms with van der Waals surface area (Å²) in [5, 5.41) is 0.742. The fraction of sp³-hybridized carbons (Fsp3) is 0. The standard InChI is InChI=1S/C14H11Cl/c1-2-12-13(9-6-10-14(12)15)11-7-4-3-5-8-11/h2-10H,1H2. The summed E-state index contributed by atoms with van der Waals surface area (Å²) in [7, 11) is 0. The zero-order valence-corrected chi connectivity index (χ0v) is 9.04. The molecule has 15 heavy (non-hydrogen) atoms. The first kappa shape index (κ1) is 10.0. The lowest BCUT2D eigenvalue weighted by atomic mass is 10.00. The van der Waals surface area contributed by atoms with Gasteiger partial charge in [0.1, 0.15) is 0 Å². The highest BCUT2D eigenvalue weighted by Crippen LogP contribution is 2.29. The quantitative estimate of drug-likeness (QED) is 0.683. The Morgan fingerprint density at radius 2 is 1.67 bits per heavy atom. The number of rotatable bonds is 2. The van der Waals surface area contributed by atoms with Crippen molar-refractivity contribution in [2.45, 2.75) is 0 Å². The third-order valence-corrected chi connectivity index (χ3v) is 2.67. The largest absolute Gasteiger partial charge is 0.0984 e. The Bertz CT molecular complexity index is 472. The Kier molecular flexibility index (Phi) is 2.89. The molecule has 1 heteroatoms. The summed E-state index contributed by atoms with van der Waals surface area (Å²) in [6, 6.07) is 16.1. The molecule has 0 aliphatic heterocycles. The van der Waals surface area contributed by atoms with Crippen molar-refractivity contribution < 1.29 is 0 Å². The normalized spacial score (nSPS) is 9.93. The zero-order valence-electron chi connectivity index (χ0n) is 8.28. The summed E-state index contributed by atoms with van der Waals surface area (Å²) in [6.45, 7) is 3.79. The Balaban J connectivity index is 2.63. The Hall–Kier alpha value is -1.53. The Labute approximate surface area is 94.8 Å². The maximum absolute atomic E-state index is 6.11. The molecule has 74 valence electrons. The summed E-state index contributed by atoms with van der Waals surface area (Å²) in [5.41, 5.74) is 3.28. The van der Waals surface area contributed by atoms with Gasteiger partial charge in [0.15, 0.2) is 0 Å². The number of benzene rings is 2. The maximum Gasteiger partial charge on any atom is 0.0484 e. The molecule has 0 aliphatic rings. The van der Waals surface area contributed by atoms with Crippen LogP contribution < -0.4 is 0 Å². The predicted octanol–water partition coefficient (Wildman–Crippen LogP) is 4.65. The Morgan fingerprint density at radius 1 is 0.933 bits per heavy atom. The van der Waals surface area contributed by atoms with Crippen molar-refractivity contribution in [3.63, 3.8) is 0 Å². The molecule has 0 saturated heterocycles. The highest BCUT2D eigenvalue weighted by molar-refractivity contribution is 6.32. The number of hydrogen-bond donors (Lipinski definition) is 0. The molecule has 0 aliphatic carbocycles. The van der Waals surface area contributed by atoms with Gasteiger partial charge in [-0.1, -0.05) is 66.7 Å². The van der Waals surface area contributed by atoms with Crippen molar-refractivity contribution in [1.82, 2.24) is 0 Å². The summed E-state index contributed by atoms with van der Waals surface area (Å²) in [5.74, 6) is 0. The zero-order chi connectivity index (χ0) is 10.7. The van der Waals surface area contributed by atoms with E-state index in [1.165, 1.54) is 0 Å². The number of halogens is 1. The van der Waals surface area contributed by atoms with E-state index in [0.717, 1.165) is 21.7 Å². The molecule has 0 saturated carbocycles. The molecule has 0 unspecified atom stereocenters. The molecule has 0 nitrogen and oxygen atoms in total. The molecule has 0 N–H and O–H groups in total. The fourth-order valence-electron chi connectivity index (χ4n) is 1.61. The lowest BCUT2D eigenvalue weighted by Crippen LogP contribution is -1.83. The van der Waals surface area contributed by atoms with Gasteiger partial charge in [0, 0.05) is 10.6 Å². The minimum atomic E-state index is 0.742. The number of hydrogen-bond acceptors (Lipinski definition) is 0. The molecular weight excluding hydrogens is 204 g/mol. The molecule has 0 amide bonds. The van der Waals surface area contributed by atoms with Crippen LogP contribution in [-0.2, 0) is 0 Å². The van der Waals surface area contributed by atoms with Crippen molar-refractivity contribution in [2.24, 2.45) is 0 Å². The van der Waals surface area contributed by atoms with E-state index >= 15 is 0 Å². The second-order valence-corrected chi connectivity index (χ2v) is 3.68. The highest BCUT2D eigenvalue weighted by atomic mass is 35.5. The predicted molar refractivity (Wildman–Crippen MR) is 67.0 cm³/mol. The monoisotopic (exact) mass is 214 g/mol. The topological polar surface area (TPSA) is 0 Å². The first-order valence-corrected chi connectivity index (χ1v) is 5.17. The van der Waals surface area contributed by atoms with Gasteiger partial charge in [0.25, 0.3) is 0 Å². The summed E-state index contributed by atoms with van der Waals surface area (Å²) in [4.78, 5) is 0. The minimum Gasteiger partial charge on any atom is -0.0984 e. The van der Waals surface area contributed by atoms with Crippen LogP contribution in [0, 0.1) is 0 Å². The average Bonchev–Trinajstić information content (AvgIpc) is 2.30. The Morgan fingerprint density at radius 3 is 2.33 bits per heavy atom. The van der Waals surface area contributed by atoms with Crippen molar-refractivity contribution in [2.75, 3.05) is 0 Å². The van der Waals surface area contributed by atoms with E-state index in [1.54, 1.807) is 6.08 Å². The van der Waals surface area contributed by atoms with E-state index in [4.69, 9.17) is 11.6 Å². The molecule has 0 bridgehead atoms. The van der Waals surface area contributed by atoms with Crippen LogP contribution in [0.15, 0.2) is 55.1 Å². The first-order valence-electron chi connectivity index (χ1n) is 4.79. The van der Waals surface area contributed by atoms with Crippen LogP contribution in [0.5, 0.6) is 0 Å². The van der Waals surface area contributed by atoms with Crippen LogP contribution in [0.25, 0.3) is 17.2 Å². The van der Waals surface area contributed by atoms with E-state index in [9.17, 15) is 0 Å². The van der Waals surface area contributed by atoms with E-state index in [-0.39, 0.29) is 0 Å². The lowest BCUT2D eigenvalue weighted by molar-refractivity contribution is 1.59. The van der Waals surface area contributed by atoms with Crippen molar-refractivity contribution in [1.29, 1.82) is 0 Å². The van der Waals surface area contributed by atoms with Crippen LogP contribution in [0.2, 0.25) is 5.02 Å². The van der Waals surface area contributed by atoms with Gasteiger partial charge in [-0.05, 0) is 17.2 Å². The van der Waals surface area contributed by atoms with Crippen LogP contribution >= 0.6 is 11.6 Å². The molecule has 2 rings (SSSR count). The third kappa shape index (κ3) is 1.95. The van der Waals surface area contributed by atoms with Gasteiger partial charge < -0.3 is 0 Å². The van der Waals surface area contributed by atoms with Crippen LogP contribution in [-0.4, -0.2) is 0 Å². The molecule has 2 aromatic rings. The molecule has 0 aromatic heterocycles. The van der Waals surface area contributed by atoms with E-state index in [1.807, 2.05) is 30.3 Å². The van der Waals surface area contributed by atoms with Crippen molar-refractivity contribution >= 4 is 17.7 Å². The average molecular weight is 215 g/mol. The van der Waals surface area contributed by atoms with Gasteiger partial charge in [-0.25, -0.2) is 0 Å². The second-order valence-electron chi connectivity index (χ2n) is 3.27. The first-order chi connectivity index (χ1) is 7.33. The van der Waals surface area contributed by atoms with E-state index in [0.29, 0.717) is 0 Å². The van der Waals surface area contributed by atoms with E-state index < -0.39 is 0 Å². The van der Waals surface area contributed by atoms with Crippen LogP contribution in [0.4, 0.5) is 0 Å². The lowest BCUT2D eigenvalue weighted by Gasteiger charge is -2.07. The summed E-state index contributed by atoms with van der Waals surface area (Å²) < 4.78 is 0. The molecule has 0 spiro atoms. The van der Waals surface area contributed by atoms with Gasteiger partial charge in [0.05, 0.1) is 0 Å². The van der Waals surface area contributed by atoms with Crippen molar-refractivity contribution in [3.8, 4) is 11.1 Å². The molecule has 0 fully saturated rings. The molecule has 0 atom stereocenters. The summed E-state index contributed by atoms with van der Waals surface area (Å²) >= 11 is 6.11. The highest BCUT2D eigenvalue weighted by Gasteiger charge is 2.04. The third-order valence-electron chi connectivity index (χ3n) is 2.34. The van der Waals surface area contributed by atoms with Crippen LogP contribution in [0.1, 0.15) is 5.56 Å². The van der Waals surface area contributed by atoms with Gasteiger partial charge in [-0.3, -0.25) is 0 Å². The van der Waals surface area contributed by atoms with Gasteiger partial charge >= 0.3 is 0 Å². The molecule has 0 heterocycles. The smallest absolute Gasteiger partial charge is 0.0484 e. The molecular formula is C14H11Cl. The second kappa shape index (κ2) is 4.33. The van der Waals surface area contributed by atoms with Gasteiger partial charge in [0.2, 0.25) is 0 Å². The van der Waals surface area contributed by atoms with Gasteiger partial charge in [-0.2, -0.15) is 0 Å². The van der Waals surface area contributed by atoms with Crippen molar-refractivity contribution in [3.05, 3.63) is 65.7 Å². The molecule has 2 aromatic carbocycles. The maximum atomic E-state index is 6.11. The van der Waals surface area contributed by atoms with Crippen LogP contribution in [0.3, 0.4) is 0 Å². The molecule has 0 radical (unpaired) electrons. The fourth-order valence-corrected chi connectivity index (χ4v) is 1.87. The summed E-state index contributed by atoms with van der Waals surface area (Å²) in [6.07, 6.45) is 1.80. The SMILES string of the molecule is C=Cc1c(Cl)cccc1-c1ccccc1. The minimum absolute atomic E-state index is 0.742. The van der Waals surface area contributed by atoms with Gasteiger partial charge in [-0.15, -0.1) is 0 Å².